The number of hydrogen-bond donors (Lipinski definition) is 2. The second kappa shape index (κ2) is 9.89. The van der Waals surface area contributed by atoms with E-state index in [1.807, 2.05) is 30.3 Å². The lowest BCUT2D eigenvalue weighted by Gasteiger charge is -2.16. The molecular formula is C22H21N3O4S. The van der Waals surface area contributed by atoms with Crippen molar-refractivity contribution in [2.75, 3.05) is 13.1 Å². The molecule has 1 saturated heterocycles. The van der Waals surface area contributed by atoms with Crippen LogP contribution in [-0.2, 0) is 9.59 Å². The summed E-state index contributed by atoms with van der Waals surface area (Å²) in [5.41, 5.74) is 1.29. The Morgan fingerprint density at radius 2 is 1.67 bits per heavy atom. The summed E-state index contributed by atoms with van der Waals surface area (Å²) in [7, 11) is 0. The lowest BCUT2D eigenvalue weighted by Crippen LogP contribution is -2.47. The first-order valence-corrected chi connectivity index (χ1v) is 10.2. The summed E-state index contributed by atoms with van der Waals surface area (Å²) in [4.78, 5) is 50.4. The average molecular weight is 423 g/mol. The normalized spacial score (nSPS) is 15.9. The van der Waals surface area contributed by atoms with Gasteiger partial charge in [0.2, 0.25) is 5.91 Å². The van der Waals surface area contributed by atoms with Gasteiger partial charge in [0.25, 0.3) is 17.1 Å². The number of imide groups is 1. The van der Waals surface area contributed by atoms with E-state index in [1.54, 1.807) is 43.3 Å². The molecule has 4 amide bonds. The molecule has 1 fully saturated rings. The SMILES string of the molecule is C[C@H](NC(=O)c1ccccc1)C(=O)NCCN1C(=O)S/C(=C\c2ccccc2)C1=O. The van der Waals surface area contributed by atoms with Gasteiger partial charge < -0.3 is 10.6 Å². The van der Waals surface area contributed by atoms with Crippen molar-refractivity contribution in [3.8, 4) is 0 Å². The predicted octanol–water partition coefficient (Wildman–Crippen LogP) is 2.66. The molecule has 0 bridgehead atoms. The number of amides is 4. The average Bonchev–Trinajstić information content (AvgIpc) is 3.02. The molecular weight excluding hydrogens is 402 g/mol. The number of carbonyl (C=O) groups excluding carboxylic acids is 4. The Morgan fingerprint density at radius 1 is 1.03 bits per heavy atom. The third-order valence-electron chi connectivity index (χ3n) is 4.38. The molecule has 154 valence electrons. The number of rotatable bonds is 7. The fourth-order valence-corrected chi connectivity index (χ4v) is 3.64. The molecule has 7 nitrogen and oxygen atoms in total. The van der Waals surface area contributed by atoms with Crippen LogP contribution in [0.1, 0.15) is 22.8 Å². The number of hydrogen-bond acceptors (Lipinski definition) is 5. The van der Waals surface area contributed by atoms with Gasteiger partial charge in [-0.25, -0.2) is 0 Å². The molecule has 1 atom stereocenters. The number of nitrogens with zero attached hydrogens (tertiary/aromatic N) is 1. The van der Waals surface area contributed by atoms with Crippen LogP contribution in [0.15, 0.2) is 65.6 Å². The Kier molecular flexibility index (Phi) is 7.03. The van der Waals surface area contributed by atoms with E-state index < -0.39 is 11.9 Å². The topological polar surface area (TPSA) is 95.6 Å². The highest BCUT2D eigenvalue weighted by Gasteiger charge is 2.34. The molecule has 2 aromatic carbocycles. The minimum Gasteiger partial charge on any atom is -0.353 e. The van der Waals surface area contributed by atoms with Crippen molar-refractivity contribution in [2.24, 2.45) is 0 Å². The van der Waals surface area contributed by atoms with Crippen molar-refractivity contribution in [1.82, 2.24) is 15.5 Å². The van der Waals surface area contributed by atoms with Crippen LogP contribution in [0.2, 0.25) is 0 Å². The fraction of sp³-hybridized carbons (Fsp3) is 0.182. The summed E-state index contributed by atoms with van der Waals surface area (Å²) in [5, 5.41) is 4.88. The summed E-state index contributed by atoms with van der Waals surface area (Å²) in [5.74, 6) is -1.13. The molecule has 0 spiro atoms. The molecule has 2 N–H and O–H groups in total. The van der Waals surface area contributed by atoms with Crippen LogP contribution in [0.3, 0.4) is 0 Å². The van der Waals surface area contributed by atoms with E-state index in [0.29, 0.717) is 10.5 Å². The molecule has 3 rings (SSSR count). The van der Waals surface area contributed by atoms with Gasteiger partial charge in [0.1, 0.15) is 6.04 Å². The molecule has 0 aliphatic carbocycles. The highest BCUT2D eigenvalue weighted by Crippen LogP contribution is 2.31. The highest BCUT2D eigenvalue weighted by molar-refractivity contribution is 8.18. The monoisotopic (exact) mass is 423 g/mol. The van der Waals surface area contributed by atoms with Gasteiger partial charge in [-0.3, -0.25) is 24.1 Å². The molecule has 8 heteroatoms. The van der Waals surface area contributed by atoms with Crippen LogP contribution < -0.4 is 10.6 Å². The van der Waals surface area contributed by atoms with Crippen LogP contribution in [0, 0.1) is 0 Å². The maximum Gasteiger partial charge on any atom is 0.293 e. The van der Waals surface area contributed by atoms with Gasteiger partial charge in [-0.15, -0.1) is 0 Å². The predicted molar refractivity (Wildman–Crippen MR) is 115 cm³/mol. The van der Waals surface area contributed by atoms with Gasteiger partial charge >= 0.3 is 0 Å². The van der Waals surface area contributed by atoms with Crippen LogP contribution in [0.25, 0.3) is 6.08 Å². The first-order chi connectivity index (χ1) is 14.5. The zero-order valence-electron chi connectivity index (χ0n) is 16.3. The summed E-state index contributed by atoms with van der Waals surface area (Å²) in [6.07, 6.45) is 1.67. The van der Waals surface area contributed by atoms with Crippen molar-refractivity contribution in [3.63, 3.8) is 0 Å². The minimum absolute atomic E-state index is 0.0574. The van der Waals surface area contributed by atoms with E-state index in [9.17, 15) is 19.2 Å². The van der Waals surface area contributed by atoms with Gasteiger partial charge in [-0.1, -0.05) is 48.5 Å². The van der Waals surface area contributed by atoms with E-state index in [2.05, 4.69) is 10.6 Å². The Bertz CT molecular complexity index is 976. The fourth-order valence-electron chi connectivity index (χ4n) is 2.77. The molecule has 1 aliphatic rings. The van der Waals surface area contributed by atoms with Gasteiger partial charge in [0.05, 0.1) is 4.91 Å². The Balaban J connectivity index is 1.49. The van der Waals surface area contributed by atoms with Gasteiger partial charge in [0, 0.05) is 18.7 Å². The van der Waals surface area contributed by atoms with Crippen LogP contribution in [0.4, 0.5) is 4.79 Å². The quantitative estimate of drug-likeness (QED) is 0.668. The summed E-state index contributed by atoms with van der Waals surface area (Å²) in [6.45, 7) is 1.72. The number of nitrogens with one attached hydrogen (secondary N) is 2. The maximum atomic E-state index is 12.5. The van der Waals surface area contributed by atoms with Gasteiger partial charge in [-0.05, 0) is 42.5 Å². The second-order valence-corrected chi connectivity index (χ2v) is 7.59. The van der Waals surface area contributed by atoms with Crippen LogP contribution >= 0.6 is 11.8 Å². The highest BCUT2D eigenvalue weighted by atomic mass is 32.2. The maximum absolute atomic E-state index is 12.5. The number of benzene rings is 2. The Hall–Kier alpha value is -3.39. The van der Waals surface area contributed by atoms with Crippen molar-refractivity contribution in [1.29, 1.82) is 0 Å². The molecule has 0 radical (unpaired) electrons. The molecule has 0 aromatic heterocycles. The molecule has 1 aliphatic heterocycles. The Labute approximate surface area is 178 Å². The molecule has 0 saturated carbocycles. The molecule has 2 aromatic rings. The van der Waals surface area contributed by atoms with E-state index in [-0.39, 0.29) is 30.1 Å². The lowest BCUT2D eigenvalue weighted by molar-refractivity contribution is -0.124. The van der Waals surface area contributed by atoms with E-state index in [1.165, 1.54) is 0 Å². The van der Waals surface area contributed by atoms with E-state index in [4.69, 9.17) is 0 Å². The summed E-state index contributed by atoms with van der Waals surface area (Å²) in [6, 6.07) is 17.1. The van der Waals surface area contributed by atoms with Gasteiger partial charge in [0.15, 0.2) is 0 Å². The smallest absolute Gasteiger partial charge is 0.293 e. The molecule has 1 heterocycles. The third-order valence-corrected chi connectivity index (χ3v) is 5.29. The van der Waals surface area contributed by atoms with Crippen LogP contribution in [0.5, 0.6) is 0 Å². The van der Waals surface area contributed by atoms with Gasteiger partial charge in [-0.2, -0.15) is 0 Å². The van der Waals surface area contributed by atoms with E-state index in [0.717, 1.165) is 22.2 Å². The Morgan fingerprint density at radius 3 is 2.33 bits per heavy atom. The van der Waals surface area contributed by atoms with Crippen molar-refractivity contribution in [3.05, 3.63) is 76.7 Å². The standard InChI is InChI=1S/C22H21N3O4S/c1-15(24-20(27)17-10-6-3-7-11-17)19(26)23-12-13-25-21(28)18(30-22(25)29)14-16-8-4-2-5-9-16/h2-11,14-15H,12-13H2,1H3,(H,23,26)(H,24,27)/b18-14-/t15-/m0/s1. The van der Waals surface area contributed by atoms with Crippen molar-refractivity contribution >= 4 is 40.8 Å². The zero-order valence-corrected chi connectivity index (χ0v) is 17.1. The minimum atomic E-state index is -0.759. The molecule has 30 heavy (non-hydrogen) atoms. The van der Waals surface area contributed by atoms with Crippen molar-refractivity contribution < 1.29 is 19.2 Å². The lowest BCUT2D eigenvalue weighted by atomic mass is 10.2. The summed E-state index contributed by atoms with van der Waals surface area (Å²) < 4.78 is 0. The zero-order chi connectivity index (χ0) is 21.5. The van der Waals surface area contributed by atoms with Crippen LogP contribution in [-0.4, -0.2) is 47.0 Å². The largest absolute Gasteiger partial charge is 0.353 e. The number of carbonyl (C=O) groups is 4. The first-order valence-electron chi connectivity index (χ1n) is 9.40. The molecule has 0 unspecified atom stereocenters. The van der Waals surface area contributed by atoms with E-state index >= 15 is 0 Å². The number of thioether (sulfide) groups is 1. The third kappa shape index (κ3) is 5.36. The summed E-state index contributed by atoms with van der Waals surface area (Å²) >= 11 is 0.877. The first kappa shape index (κ1) is 21.3. The second-order valence-electron chi connectivity index (χ2n) is 6.60. The van der Waals surface area contributed by atoms with Crippen molar-refractivity contribution in [2.45, 2.75) is 13.0 Å².